The number of piperazine rings is 1. The number of hydrogen-bond donors (Lipinski definition) is 2. The number of hydrogen-bond acceptors (Lipinski definition) is 5. The summed E-state index contributed by atoms with van der Waals surface area (Å²) in [7, 11) is 0. The summed E-state index contributed by atoms with van der Waals surface area (Å²) >= 11 is 0. The van der Waals surface area contributed by atoms with Crippen LogP contribution in [-0.2, 0) is 24.2 Å². The maximum Gasteiger partial charge on any atom is 0.329 e. The van der Waals surface area contributed by atoms with Gasteiger partial charge in [-0.2, -0.15) is 0 Å². The third kappa shape index (κ3) is 5.96. The van der Waals surface area contributed by atoms with Crippen LogP contribution in [0.4, 0.5) is 17.2 Å². The highest BCUT2D eigenvalue weighted by atomic mass is 16.2. The molecule has 1 fully saturated rings. The van der Waals surface area contributed by atoms with E-state index in [1.807, 2.05) is 11.0 Å². The first kappa shape index (κ1) is 24.9. The topological polar surface area (TPSA) is 90.4 Å². The molecule has 0 radical (unpaired) electrons. The van der Waals surface area contributed by atoms with Gasteiger partial charge in [0.1, 0.15) is 5.82 Å². The van der Waals surface area contributed by atoms with Gasteiger partial charge in [0, 0.05) is 56.6 Å². The number of H-pyrrole nitrogens is 1. The fourth-order valence-corrected chi connectivity index (χ4v) is 5.35. The Morgan fingerprint density at radius 3 is 2.54 bits per heavy atom. The Morgan fingerprint density at radius 2 is 1.76 bits per heavy atom. The highest BCUT2D eigenvalue weighted by Crippen LogP contribution is 2.26. The lowest BCUT2D eigenvalue weighted by Crippen LogP contribution is -2.48. The number of amides is 1. The first-order valence-electron chi connectivity index (χ1n) is 13.3. The number of benzene rings is 2. The van der Waals surface area contributed by atoms with Crippen molar-refractivity contribution >= 4 is 23.1 Å². The summed E-state index contributed by atoms with van der Waals surface area (Å²) in [4.78, 5) is 44.9. The fourth-order valence-electron chi connectivity index (χ4n) is 5.35. The number of rotatable bonds is 8. The van der Waals surface area contributed by atoms with Gasteiger partial charge >= 0.3 is 5.69 Å². The molecular formula is C29H35N5O3. The quantitative estimate of drug-likeness (QED) is 0.461. The second-order valence-electron chi connectivity index (χ2n) is 10.1. The monoisotopic (exact) mass is 501 g/mol. The van der Waals surface area contributed by atoms with Gasteiger partial charge in [-0.1, -0.05) is 18.2 Å². The molecule has 2 heterocycles. The molecule has 0 saturated carbocycles. The van der Waals surface area contributed by atoms with Gasteiger partial charge in [0.2, 0.25) is 5.91 Å². The second-order valence-corrected chi connectivity index (χ2v) is 10.1. The molecule has 3 aromatic rings. The van der Waals surface area contributed by atoms with Crippen molar-refractivity contribution < 1.29 is 4.79 Å². The predicted molar refractivity (Wildman–Crippen MR) is 147 cm³/mol. The zero-order valence-corrected chi connectivity index (χ0v) is 21.5. The Bertz CT molecular complexity index is 1350. The van der Waals surface area contributed by atoms with Crippen molar-refractivity contribution in [2.75, 3.05) is 36.4 Å². The highest BCUT2D eigenvalue weighted by molar-refractivity contribution is 5.76. The minimum Gasteiger partial charge on any atom is -0.368 e. The predicted octanol–water partition coefficient (Wildman–Crippen LogP) is 3.60. The van der Waals surface area contributed by atoms with Gasteiger partial charge in [-0.15, -0.1) is 0 Å². The molecule has 194 valence electrons. The third-order valence-electron chi connectivity index (χ3n) is 7.42. The lowest BCUT2D eigenvalue weighted by Gasteiger charge is -2.36. The van der Waals surface area contributed by atoms with Crippen LogP contribution in [-0.4, -0.2) is 46.5 Å². The van der Waals surface area contributed by atoms with E-state index >= 15 is 0 Å². The summed E-state index contributed by atoms with van der Waals surface area (Å²) in [5.74, 6) is 0.531. The third-order valence-corrected chi connectivity index (χ3v) is 7.42. The molecule has 1 aliphatic heterocycles. The SMILES string of the molecule is Cc1cccc(N2CCN(C(=O)CCCCn3c(=O)cc(Nc4ccc5c(c4)CCC5)[nH]c3=O)CC2)c1. The molecular weight excluding hydrogens is 466 g/mol. The van der Waals surface area contributed by atoms with Gasteiger partial charge in [-0.25, -0.2) is 4.79 Å². The van der Waals surface area contributed by atoms with E-state index in [1.165, 1.54) is 39.4 Å². The molecule has 0 bridgehead atoms. The maximum absolute atomic E-state index is 12.7. The molecule has 5 rings (SSSR count). The van der Waals surface area contributed by atoms with Gasteiger partial charge in [0.15, 0.2) is 0 Å². The lowest BCUT2D eigenvalue weighted by molar-refractivity contribution is -0.131. The van der Waals surface area contributed by atoms with Crippen molar-refractivity contribution in [3.05, 3.63) is 86.1 Å². The van der Waals surface area contributed by atoms with E-state index in [-0.39, 0.29) is 11.5 Å². The van der Waals surface area contributed by atoms with Crippen molar-refractivity contribution in [3.8, 4) is 0 Å². The summed E-state index contributed by atoms with van der Waals surface area (Å²) in [5, 5.41) is 3.15. The molecule has 8 nitrogen and oxygen atoms in total. The number of aromatic nitrogens is 2. The molecule has 0 spiro atoms. The van der Waals surface area contributed by atoms with Crippen molar-refractivity contribution in [1.82, 2.24) is 14.5 Å². The molecule has 2 aromatic carbocycles. The van der Waals surface area contributed by atoms with Crippen LogP contribution in [0.2, 0.25) is 0 Å². The number of aryl methyl sites for hydroxylation is 3. The van der Waals surface area contributed by atoms with Gasteiger partial charge in [0.25, 0.3) is 5.56 Å². The molecule has 2 aliphatic rings. The van der Waals surface area contributed by atoms with Crippen LogP contribution in [0.3, 0.4) is 0 Å². The largest absolute Gasteiger partial charge is 0.368 e. The standard InChI is InChI=1S/C29H35N5O3/c1-21-6-4-9-25(18-21)32-14-16-33(17-15-32)27(35)10-2-3-13-34-28(36)20-26(31-29(34)37)30-24-12-11-22-7-5-8-23(22)19-24/h4,6,9,11-12,18-20,30H,2-3,5,7-8,10,13-17H2,1H3,(H,31,37). The van der Waals surface area contributed by atoms with Crippen LogP contribution in [0, 0.1) is 6.92 Å². The summed E-state index contributed by atoms with van der Waals surface area (Å²) in [6.45, 7) is 5.46. The molecule has 8 heteroatoms. The van der Waals surface area contributed by atoms with Gasteiger partial charge in [0.05, 0.1) is 0 Å². The van der Waals surface area contributed by atoms with Gasteiger partial charge < -0.3 is 15.1 Å². The average molecular weight is 502 g/mol. The molecule has 1 aliphatic carbocycles. The van der Waals surface area contributed by atoms with E-state index in [4.69, 9.17) is 0 Å². The van der Waals surface area contributed by atoms with Crippen LogP contribution in [0.1, 0.15) is 42.4 Å². The van der Waals surface area contributed by atoms with E-state index in [0.29, 0.717) is 44.7 Å². The minimum absolute atomic E-state index is 0.138. The van der Waals surface area contributed by atoms with Crippen molar-refractivity contribution in [2.24, 2.45) is 0 Å². The Kier molecular flexibility index (Phi) is 7.44. The summed E-state index contributed by atoms with van der Waals surface area (Å²) in [5.41, 5.74) is 5.23. The lowest BCUT2D eigenvalue weighted by atomic mass is 10.1. The molecule has 2 N–H and O–H groups in total. The van der Waals surface area contributed by atoms with Crippen molar-refractivity contribution in [3.63, 3.8) is 0 Å². The number of carbonyl (C=O) groups is 1. The number of aromatic amines is 1. The summed E-state index contributed by atoms with van der Waals surface area (Å²) in [6.07, 6.45) is 5.00. The van der Waals surface area contributed by atoms with E-state index < -0.39 is 5.69 Å². The number of nitrogens with one attached hydrogen (secondary N) is 2. The first-order valence-corrected chi connectivity index (χ1v) is 13.3. The van der Waals surface area contributed by atoms with E-state index in [9.17, 15) is 14.4 Å². The molecule has 1 aromatic heterocycles. The van der Waals surface area contributed by atoms with Crippen LogP contribution in [0.15, 0.2) is 58.1 Å². The van der Waals surface area contributed by atoms with Crippen LogP contribution in [0.25, 0.3) is 0 Å². The smallest absolute Gasteiger partial charge is 0.329 e. The Balaban J connectivity index is 1.08. The van der Waals surface area contributed by atoms with Gasteiger partial charge in [-0.05, 0) is 80.0 Å². The Hall–Kier alpha value is -3.81. The van der Waals surface area contributed by atoms with E-state index in [2.05, 4.69) is 58.5 Å². The summed E-state index contributed by atoms with van der Waals surface area (Å²) < 4.78 is 1.21. The maximum atomic E-state index is 12.7. The van der Waals surface area contributed by atoms with E-state index in [0.717, 1.165) is 31.6 Å². The summed E-state index contributed by atoms with van der Waals surface area (Å²) in [6, 6.07) is 16.0. The molecule has 0 unspecified atom stereocenters. The number of fused-ring (bicyclic) bond motifs is 1. The molecule has 1 saturated heterocycles. The van der Waals surface area contributed by atoms with Crippen LogP contribution >= 0.6 is 0 Å². The number of unbranched alkanes of at least 4 members (excludes halogenated alkanes) is 1. The van der Waals surface area contributed by atoms with Gasteiger partial charge in [-0.3, -0.25) is 19.1 Å². The van der Waals surface area contributed by atoms with Crippen LogP contribution in [0.5, 0.6) is 0 Å². The number of carbonyl (C=O) groups excluding carboxylic acids is 1. The fraction of sp³-hybridized carbons (Fsp3) is 0.414. The molecule has 0 atom stereocenters. The van der Waals surface area contributed by atoms with Crippen molar-refractivity contribution in [2.45, 2.75) is 52.0 Å². The number of anilines is 3. The normalized spacial score (nSPS) is 15.1. The Morgan fingerprint density at radius 1 is 0.946 bits per heavy atom. The number of nitrogens with zero attached hydrogens (tertiary/aromatic N) is 3. The second kappa shape index (κ2) is 11.1. The Labute approximate surface area is 216 Å². The first-order chi connectivity index (χ1) is 18.0. The average Bonchev–Trinajstić information content (AvgIpc) is 3.36. The minimum atomic E-state index is -0.435. The van der Waals surface area contributed by atoms with E-state index in [1.54, 1.807) is 0 Å². The zero-order valence-electron chi connectivity index (χ0n) is 21.5. The zero-order chi connectivity index (χ0) is 25.8. The molecule has 1 amide bonds. The molecule has 37 heavy (non-hydrogen) atoms. The van der Waals surface area contributed by atoms with Crippen LogP contribution < -0.4 is 21.5 Å². The van der Waals surface area contributed by atoms with Crippen molar-refractivity contribution in [1.29, 1.82) is 0 Å². The highest BCUT2D eigenvalue weighted by Gasteiger charge is 2.21.